The molecule has 0 spiro atoms. The smallest absolute Gasteiger partial charge is 0.223 e. The molecule has 0 N–H and O–H groups in total. The van der Waals surface area contributed by atoms with Crippen LogP contribution >= 0.6 is 0 Å². The van der Waals surface area contributed by atoms with Crippen molar-refractivity contribution in [2.45, 2.75) is 26.7 Å². The summed E-state index contributed by atoms with van der Waals surface area (Å²) in [5.74, 6) is 0.512. The van der Waals surface area contributed by atoms with E-state index < -0.39 is 0 Å². The zero-order chi connectivity index (χ0) is 14.7. The molecule has 0 fully saturated rings. The quantitative estimate of drug-likeness (QED) is 0.847. The van der Waals surface area contributed by atoms with Gasteiger partial charge in [0.2, 0.25) is 5.91 Å². The van der Waals surface area contributed by atoms with Gasteiger partial charge in [0, 0.05) is 31.4 Å². The van der Waals surface area contributed by atoms with Gasteiger partial charge in [-0.05, 0) is 35.7 Å². The van der Waals surface area contributed by atoms with E-state index in [1.54, 1.807) is 18.9 Å². The molecule has 0 saturated carbocycles. The molecule has 0 saturated heterocycles. The van der Waals surface area contributed by atoms with Crippen molar-refractivity contribution in [1.82, 2.24) is 4.98 Å². The van der Waals surface area contributed by atoms with Gasteiger partial charge in [-0.15, -0.1) is 0 Å². The highest BCUT2D eigenvalue weighted by Gasteiger charge is 2.07. The summed E-state index contributed by atoms with van der Waals surface area (Å²) >= 11 is 0. The van der Waals surface area contributed by atoms with Crippen molar-refractivity contribution in [1.29, 1.82) is 0 Å². The lowest BCUT2D eigenvalue weighted by molar-refractivity contribution is -0.116. The Labute approximate surface area is 120 Å². The molecule has 0 aliphatic rings. The van der Waals surface area contributed by atoms with Crippen molar-refractivity contribution in [2.75, 3.05) is 11.9 Å². The van der Waals surface area contributed by atoms with Crippen LogP contribution in [0.25, 0.3) is 11.3 Å². The molecule has 0 bridgehead atoms. The summed E-state index contributed by atoms with van der Waals surface area (Å²) in [4.78, 5) is 17.4. The second-order valence-electron chi connectivity index (χ2n) is 5.25. The Morgan fingerprint density at radius 2 is 1.80 bits per heavy atom. The maximum atomic E-state index is 11.3. The fraction of sp³-hybridized carbons (Fsp3) is 0.294. The summed E-state index contributed by atoms with van der Waals surface area (Å²) in [6.07, 6.45) is 1.85. The maximum absolute atomic E-state index is 11.3. The first kappa shape index (κ1) is 14.3. The average molecular weight is 268 g/mol. The van der Waals surface area contributed by atoms with E-state index >= 15 is 0 Å². The van der Waals surface area contributed by atoms with E-state index in [2.05, 4.69) is 24.9 Å². The van der Waals surface area contributed by atoms with Crippen molar-refractivity contribution >= 4 is 11.6 Å². The SMILES string of the molecule is CC(=O)N(C)c1ccc(-c2cc(C(C)C)ccn2)cc1. The van der Waals surface area contributed by atoms with Crippen molar-refractivity contribution in [3.63, 3.8) is 0 Å². The van der Waals surface area contributed by atoms with Crippen LogP contribution < -0.4 is 4.90 Å². The number of hydrogen-bond donors (Lipinski definition) is 0. The third-order valence-corrected chi connectivity index (χ3v) is 3.47. The summed E-state index contributed by atoms with van der Waals surface area (Å²) < 4.78 is 0. The molecule has 0 radical (unpaired) electrons. The van der Waals surface area contributed by atoms with Gasteiger partial charge in [-0.3, -0.25) is 9.78 Å². The second-order valence-corrected chi connectivity index (χ2v) is 5.25. The predicted octanol–water partition coefficient (Wildman–Crippen LogP) is 3.85. The summed E-state index contributed by atoms with van der Waals surface area (Å²) in [6.45, 7) is 5.90. The molecule has 0 unspecified atom stereocenters. The number of carbonyl (C=O) groups excluding carboxylic acids is 1. The van der Waals surface area contributed by atoms with E-state index in [0.29, 0.717) is 5.92 Å². The summed E-state index contributed by atoms with van der Waals surface area (Å²) in [6, 6.07) is 12.1. The first-order valence-corrected chi connectivity index (χ1v) is 6.79. The fourth-order valence-electron chi connectivity index (χ4n) is 2.00. The molecule has 0 atom stereocenters. The Hall–Kier alpha value is -2.16. The Morgan fingerprint density at radius 3 is 2.35 bits per heavy atom. The van der Waals surface area contributed by atoms with Crippen LogP contribution in [-0.4, -0.2) is 17.9 Å². The Kier molecular flexibility index (Phi) is 4.18. The van der Waals surface area contributed by atoms with Crippen LogP contribution in [0, 0.1) is 0 Å². The van der Waals surface area contributed by atoms with Crippen LogP contribution in [0.3, 0.4) is 0 Å². The molecule has 0 aliphatic carbocycles. The van der Waals surface area contributed by atoms with E-state index in [9.17, 15) is 4.79 Å². The Balaban J connectivity index is 2.30. The van der Waals surface area contributed by atoms with Crippen molar-refractivity contribution in [3.05, 3.63) is 48.2 Å². The number of aromatic nitrogens is 1. The lowest BCUT2D eigenvalue weighted by Gasteiger charge is -2.15. The van der Waals surface area contributed by atoms with E-state index in [-0.39, 0.29) is 5.91 Å². The topological polar surface area (TPSA) is 33.2 Å². The number of pyridine rings is 1. The van der Waals surface area contributed by atoms with Gasteiger partial charge >= 0.3 is 0 Å². The van der Waals surface area contributed by atoms with Gasteiger partial charge in [0.1, 0.15) is 0 Å². The van der Waals surface area contributed by atoms with Crippen LogP contribution in [0.15, 0.2) is 42.6 Å². The van der Waals surface area contributed by atoms with Crippen LogP contribution in [0.1, 0.15) is 32.3 Å². The van der Waals surface area contributed by atoms with Gasteiger partial charge in [-0.2, -0.15) is 0 Å². The maximum Gasteiger partial charge on any atom is 0.223 e. The second kappa shape index (κ2) is 5.87. The van der Waals surface area contributed by atoms with Crippen molar-refractivity contribution in [3.8, 4) is 11.3 Å². The van der Waals surface area contributed by atoms with E-state index in [1.807, 2.05) is 36.5 Å². The molecule has 2 aromatic rings. The molecule has 1 aromatic heterocycles. The highest BCUT2D eigenvalue weighted by atomic mass is 16.2. The monoisotopic (exact) mass is 268 g/mol. The molecule has 20 heavy (non-hydrogen) atoms. The van der Waals surface area contributed by atoms with E-state index in [1.165, 1.54) is 5.56 Å². The number of hydrogen-bond acceptors (Lipinski definition) is 2. The highest BCUT2D eigenvalue weighted by molar-refractivity contribution is 5.91. The molecular weight excluding hydrogens is 248 g/mol. The molecule has 1 aromatic carbocycles. The van der Waals surface area contributed by atoms with Crippen LogP contribution in [-0.2, 0) is 4.79 Å². The third-order valence-electron chi connectivity index (χ3n) is 3.47. The fourth-order valence-corrected chi connectivity index (χ4v) is 2.00. The summed E-state index contributed by atoms with van der Waals surface area (Å²) in [7, 11) is 1.77. The molecule has 3 nitrogen and oxygen atoms in total. The van der Waals surface area contributed by atoms with E-state index in [0.717, 1.165) is 16.9 Å². The zero-order valence-electron chi connectivity index (χ0n) is 12.4. The minimum absolute atomic E-state index is 0.0256. The van der Waals surface area contributed by atoms with Crippen LogP contribution in [0.4, 0.5) is 5.69 Å². The van der Waals surface area contributed by atoms with Crippen LogP contribution in [0.5, 0.6) is 0 Å². The molecule has 1 amide bonds. The lowest BCUT2D eigenvalue weighted by Crippen LogP contribution is -2.22. The van der Waals surface area contributed by atoms with Gasteiger partial charge in [0.15, 0.2) is 0 Å². The van der Waals surface area contributed by atoms with Gasteiger partial charge in [-0.1, -0.05) is 26.0 Å². The minimum atomic E-state index is 0.0256. The largest absolute Gasteiger partial charge is 0.316 e. The molecule has 2 rings (SSSR count). The normalized spacial score (nSPS) is 10.7. The zero-order valence-corrected chi connectivity index (χ0v) is 12.4. The number of carbonyl (C=O) groups is 1. The highest BCUT2D eigenvalue weighted by Crippen LogP contribution is 2.24. The Morgan fingerprint density at radius 1 is 1.15 bits per heavy atom. The van der Waals surface area contributed by atoms with E-state index in [4.69, 9.17) is 0 Å². The number of benzene rings is 1. The standard InChI is InChI=1S/C17H20N2O/c1-12(2)15-9-10-18-17(11-15)14-5-7-16(8-6-14)19(4)13(3)20/h5-12H,1-4H3. The number of amides is 1. The van der Waals surface area contributed by atoms with Gasteiger partial charge in [0.25, 0.3) is 0 Å². The van der Waals surface area contributed by atoms with Gasteiger partial charge in [-0.25, -0.2) is 0 Å². The summed E-state index contributed by atoms with van der Waals surface area (Å²) in [5.41, 5.74) is 4.20. The Bertz CT molecular complexity index is 603. The van der Waals surface area contributed by atoms with Crippen molar-refractivity contribution < 1.29 is 4.79 Å². The molecule has 0 aliphatic heterocycles. The van der Waals surface area contributed by atoms with Crippen molar-refractivity contribution in [2.24, 2.45) is 0 Å². The minimum Gasteiger partial charge on any atom is -0.316 e. The van der Waals surface area contributed by atoms with Crippen LogP contribution in [0.2, 0.25) is 0 Å². The predicted molar refractivity (Wildman–Crippen MR) is 82.8 cm³/mol. The van der Waals surface area contributed by atoms with Gasteiger partial charge in [0.05, 0.1) is 5.69 Å². The first-order chi connectivity index (χ1) is 9.49. The summed E-state index contributed by atoms with van der Waals surface area (Å²) in [5, 5.41) is 0. The molecule has 1 heterocycles. The average Bonchev–Trinajstić information content (AvgIpc) is 2.46. The number of nitrogens with zero attached hydrogens (tertiary/aromatic N) is 2. The molecule has 104 valence electrons. The number of anilines is 1. The lowest BCUT2D eigenvalue weighted by atomic mass is 10.0. The number of rotatable bonds is 3. The third kappa shape index (κ3) is 3.05. The van der Waals surface area contributed by atoms with Gasteiger partial charge < -0.3 is 4.90 Å². The molecular formula is C17H20N2O. The first-order valence-electron chi connectivity index (χ1n) is 6.79. The molecule has 3 heteroatoms.